The third-order valence-corrected chi connectivity index (χ3v) is 3.55. The number of para-hydroxylation sites is 1. The second kappa shape index (κ2) is 6.29. The van der Waals surface area contributed by atoms with Crippen molar-refractivity contribution in [3.63, 3.8) is 0 Å². The van der Waals surface area contributed by atoms with Crippen molar-refractivity contribution in [1.29, 1.82) is 0 Å². The van der Waals surface area contributed by atoms with Crippen molar-refractivity contribution < 1.29 is 0 Å². The van der Waals surface area contributed by atoms with E-state index in [1.54, 1.807) is 23.5 Å². The fraction of sp³-hybridized carbons (Fsp3) is 0. The molecule has 2 heterocycles. The molecule has 0 aliphatic heterocycles. The molecular weight excluding hydrogens is 300 g/mol. The van der Waals surface area contributed by atoms with Crippen LogP contribution in [0.15, 0.2) is 84.6 Å². The maximum atomic E-state index is 4.74. The summed E-state index contributed by atoms with van der Waals surface area (Å²) in [5, 5.41) is 16.6. The summed E-state index contributed by atoms with van der Waals surface area (Å²) in [5.74, 6) is 0. The molecule has 0 saturated heterocycles. The molecule has 2 aromatic carbocycles. The molecule has 0 spiro atoms. The predicted molar refractivity (Wildman–Crippen MR) is 92.0 cm³/mol. The highest BCUT2D eigenvalue weighted by Gasteiger charge is 2.10. The van der Waals surface area contributed by atoms with E-state index in [2.05, 4.69) is 15.3 Å². The van der Waals surface area contributed by atoms with Gasteiger partial charge in [0.2, 0.25) is 0 Å². The summed E-state index contributed by atoms with van der Waals surface area (Å²) < 4.78 is 3.41. The molecule has 0 aliphatic rings. The Morgan fingerprint density at radius 3 is 2.21 bits per heavy atom. The molecule has 0 saturated carbocycles. The second-order valence-corrected chi connectivity index (χ2v) is 5.17. The zero-order valence-electron chi connectivity index (χ0n) is 12.8. The van der Waals surface area contributed by atoms with Crippen LogP contribution in [0.3, 0.4) is 0 Å². The normalized spacial score (nSPS) is 11.2. The summed E-state index contributed by atoms with van der Waals surface area (Å²) in [4.78, 5) is 0. The lowest BCUT2D eigenvalue weighted by Crippen LogP contribution is -1.93. The fourth-order valence-electron chi connectivity index (χ4n) is 2.40. The van der Waals surface area contributed by atoms with Crippen molar-refractivity contribution in [2.24, 2.45) is 5.10 Å². The zero-order chi connectivity index (χ0) is 16.2. The molecule has 0 bridgehead atoms. The van der Waals surface area contributed by atoms with E-state index in [1.165, 1.54) is 0 Å². The zero-order valence-corrected chi connectivity index (χ0v) is 12.8. The van der Waals surface area contributed by atoms with Gasteiger partial charge in [0.1, 0.15) is 18.3 Å². The van der Waals surface area contributed by atoms with Crippen LogP contribution in [0.1, 0.15) is 5.56 Å². The monoisotopic (exact) mass is 314 g/mol. The van der Waals surface area contributed by atoms with Gasteiger partial charge in [-0.25, -0.2) is 9.36 Å². The van der Waals surface area contributed by atoms with Gasteiger partial charge in [-0.1, -0.05) is 48.5 Å². The minimum atomic E-state index is 0.872. The van der Waals surface area contributed by atoms with Crippen LogP contribution in [-0.4, -0.2) is 30.9 Å². The van der Waals surface area contributed by atoms with Gasteiger partial charge < -0.3 is 0 Å². The van der Waals surface area contributed by atoms with Crippen molar-refractivity contribution in [2.75, 3.05) is 0 Å². The number of benzene rings is 2. The number of nitrogens with zero attached hydrogens (tertiary/aromatic N) is 6. The Morgan fingerprint density at radius 2 is 1.50 bits per heavy atom. The molecule has 0 aliphatic carbocycles. The lowest BCUT2D eigenvalue weighted by atomic mass is 10.1. The van der Waals surface area contributed by atoms with Gasteiger partial charge in [-0.3, -0.25) is 0 Å². The summed E-state index contributed by atoms with van der Waals surface area (Å²) in [6, 6.07) is 20.1. The number of hydrogen-bond acceptors (Lipinski definition) is 4. The number of rotatable bonds is 4. The molecule has 0 amide bonds. The fourth-order valence-corrected chi connectivity index (χ4v) is 2.40. The van der Waals surface area contributed by atoms with Gasteiger partial charge in [0.25, 0.3) is 0 Å². The standard InChI is InChI=1S/C18H14N6/c1-3-7-15(8-4-1)18-16(11-21-23-13-19-20-14-23)12-24(22-18)17-9-5-2-6-10-17/h1-14H. The van der Waals surface area contributed by atoms with Crippen LogP contribution in [0, 0.1) is 0 Å². The largest absolute Gasteiger partial charge is 0.240 e. The van der Waals surface area contributed by atoms with E-state index >= 15 is 0 Å². The Morgan fingerprint density at radius 1 is 0.833 bits per heavy atom. The SMILES string of the molecule is C(=Nn1cnnc1)c1cn(-c2ccccc2)nc1-c1ccccc1. The lowest BCUT2D eigenvalue weighted by Gasteiger charge is -2.00. The average molecular weight is 314 g/mol. The van der Waals surface area contributed by atoms with Crippen LogP contribution in [-0.2, 0) is 0 Å². The molecule has 0 fully saturated rings. The highest BCUT2D eigenvalue weighted by molar-refractivity contribution is 5.88. The Kier molecular flexibility index (Phi) is 3.69. The molecule has 6 nitrogen and oxygen atoms in total. The van der Waals surface area contributed by atoms with Crippen LogP contribution in [0.2, 0.25) is 0 Å². The molecule has 4 rings (SSSR count). The third-order valence-electron chi connectivity index (χ3n) is 3.55. The summed E-state index contributed by atoms with van der Waals surface area (Å²) in [7, 11) is 0. The molecule has 0 N–H and O–H groups in total. The summed E-state index contributed by atoms with van der Waals surface area (Å²) in [6.07, 6.45) is 6.81. The first kappa shape index (κ1) is 14.1. The van der Waals surface area contributed by atoms with E-state index in [4.69, 9.17) is 5.10 Å². The third kappa shape index (κ3) is 2.85. The van der Waals surface area contributed by atoms with E-state index in [0.717, 1.165) is 22.5 Å². The molecule has 24 heavy (non-hydrogen) atoms. The topological polar surface area (TPSA) is 60.9 Å². The quantitative estimate of drug-likeness (QED) is 0.544. The van der Waals surface area contributed by atoms with E-state index in [0.29, 0.717) is 0 Å². The van der Waals surface area contributed by atoms with E-state index in [1.807, 2.05) is 71.5 Å². The molecular formula is C18H14N6. The van der Waals surface area contributed by atoms with Crippen molar-refractivity contribution in [3.05, 3.63) is 85.1 Å². The minimum Gasteiger partial charge on any atom is -0.240 e. The first-order chi connectivity index (χ1) is 11.9. The Balaban J connectivity index is 1.80. The maximum Gasteiger partial charge on any atom is 0.141 e. The Labute approximate surface area is 138 Å². The van der Waals surface area contributed by atoms with Gasteiger partial charge in [-0.05, 0) is 12.1 Å². The van der Waals surface area contributed by atoms with Crippen LogP contribution < -0.4 is 0 Å². The predicted octanol–water partition coefficient (Wildman–Crippen LogP) is 3.01. The van der Waals surface area contributed by atoms with Crippen molar-refractivity contribution in [1.82, 2.24) is 24.7 Å². The Bertz CT molecular complexity index is 940. The highest BCUT2D eigenvalue weighted by Crippen LogP contribution is 2.22. The molecule has 4 aromatic rings. The summed E-state index contributed by atoms with van der Waals surface area (Å²) >= 11 is 0. The van der Waals surface area contributed by atoms with Gasteiger partial charge in [-0.2, -0.15) is 10.2 Å². The average Bonchev–Trinajstić information content (AvgIpc) is 3.31. The minimum absolute atomic E-state index is 0.872. The van der Waals surface area contributed by atoms with Gasteiger partial charge >= 0.3 is 0 Å². The van der Waals surface area contributed by atoms with Crippen LogP contribution in [0.5, 0.6) is 0 Å². The van der Waals surface area contributed by atoms with Gasteiger partial charge in [0.15, 0.2) is 0 Å². The van der Waals surface area contributed by atoms with Gasteiger partial charge in [0.05, 0.1) is 11.9 Å². The first-order valence-electron chi connectivity index (χ1n) is 7.50. The number of hydrogen-bond donors (Lipinski definition) is 0. The first-order valence-corrected chi connectivity index (χ1v) is 7.50. The molecule has 0 unspecified atom stereocenters. The molecule has 0 atom stereocenters. The highest BCUT2D eigenvalue weighted by atomic mass is 15.4. The van der Waals surface area contributed by atoms with Crippen molar-refractivity contribution >= 4 is 6.21 Å². The Hall–Kier alpha value is -3.54. The second-order valence-electron chi connectivity index (χ2n) is 5.17. The van der Waals surface area contributed by atoms with E-state index in [-0.39, 0.29) is 0 Å². The smallest absolute Gasteiger partial charge is 0.141 e. The van der Waals surface area contributed by atoms with Gasteiger partial charge in [0, 0.05) is 17.3 Å². The molecule has 2 aromatic heterocycles. The van der Waals surface area contributed by atoms with E-state index in [9.17, 15) is 0 Å². The van der Waals surface area contributed by atoms with Crippen molar-refractivity contribution in [2.45, 2.75) is 0 Å². The van der Waals surface area contributed by atoms with E-state index < -0.39 is 0 Å². The molecule has 0 radical (unpaired) electrons. The van der Waals surface area contributed by atoms with Crippen molar-refractivity contribution in [3.8, 4) is 16.9 Å². The molecule has 6 heteroatoms. The van der Waals surface area contributed by atoms with Crippen LogP contribution in [0.4, 0.5) is 0 Å². The maximum absolute atomic E-state index is 4.74. The van der Waals surface area contributed by atoms with Crippen LogP contribution >= 0.6 is 0 Å². The summed E-state index contributed by atoms with van der Waals surface area (Å²) in [5.41, 5.74) is 3.83. The van der Waals surface area contributed by atoms with Crippen LogP contribution in [0.25, 0.3) is 16.9 Å². The lowest BCUT2D eigenvalue weighted by molar-refractivity contribution is 0.877. The summed E-state index contributed by atoms with van der Waals surface area (Å²) in [6.45, 7) is 0. The van der Waals surface area contributed by atoms with Gasteiger partial charge in [-0.15, -0.1) is 10.2 Å². The molecule has 116 valence electrons. The number of aromatic nitrogens is 5.